The lowest BCUT2D eigenvalue weighted by Crippen LogP contribution is -2.27. The van der Waals surface area contributed by atoms with Gasteiger partial charge in [-0.25, -0.2) is 0 Å². The first-order chi connectivity index (χ1) is 16.5. The Morgan fingerprint density at radius 3 is 2.56 bits per heavy atom. The SMILES string of the molecule is CCOc1ccc(-n2ccn3c(CC(C)CC(=O)NCCc4ccccc4)nnc3c2=O)cc1. The van der Waals surface area contributed by atoms with E-state index in [2.05, 4.69) is 27.6 Å². The van der Waals surface area contributed by atoms with Gasteiger partial charge in [-0.1, -0.05) is 37.3 Å². The summed E-state index contributed by atoms with van der Waals surface area (Å²) in [5.41, 5.74) is 1.92. The molecule has 1 unspecified atom stereocenters. The predicted molar refractivity (Wildman–Crippen MR) is 130 cm³/mol. The maximum absolute atomic E-state index is 13.0. The standard InChI is InChI=1S/C26H29N5O3/c1-3-34-22-11-9-21(10-12-22)30-15-16-31-23(28-29-25(31)26(30)33)17-19(2)18-24(32)27-14-13-20-7-5-4-6-8-20/h4-12,15-16,19H,3,13-14,17-18H2,1-2H3,(H,27,32). The molecule has 0 aliphatic heterocycles. The molecule has 1 atom stereocenters. The Morgan fingerprint density at radius 2 is 1.82 bits per heavy atom. The van der Waals surface area contributed by atoms with Gasteiger partial charge in [0.15, 0.2) is 0 Å². The zero-order valence-corrected chi connectivity index (χ0v) is 19.5. The van der Waals surface area contributed by atoms with E-state index in [-0.39, 0.29) is 23.0 Å². The molecule has 0 aliphatic rings. The average molecular weight is 460 g/mol. The van der Waals surface area contributed by atoms with E-state index in [0.717, 1.165) is 17.9 Å². The van der Waals surface area contributed by atoms with E-state index in [1.807, 2.05) is 56.3 Å². The Labute approximate surface area is 198 Å². The van der Waals surface area contributed by atoms with Crippen molar-refractivity contribution < 1.29 is 9.53 Å². The number of carbonyl (C=O) groups excluding carboxylic acids is 1. The highest BCUT2D eigenvalue weighted by Crippen LogP contribution is 2.15. The molecule has 2 aromatic heterocycles. The summed E-state index contributed by atoms with van der Waals surface area (Å²) in [6.45, 7) is 5.11. The van der Waals surface area contributed by atoms with E-state index in [1.165, 1.54) is 10.1 Å². The van der Waals surface area contributed by atoms with Gasteiger partial charge in [0.2, 0.25) is 11.6 Å². The van der Waals surface area contributed by atoms with Crippen LogP contribution in [0, 0.1) is 5.92 Å². The van der Waals surface area contributed by atoms with Crippen molar-refractivity contribution in [2.45, 2.75) is 33.1 Å². The maximum Gasteiger partial charge on any atom is 0.300 e. The first kappa shape index (κ1) is 23.2. The molecule has 1 N–H and O–H groups in total. The molecule has 4 aromatic rings. The number of amides is 1. The summed E-state index contributed by atoms with van der Waals surface area (Å²) in [6.07, 6.45) is 5.22. The minimum atomic E-state index is -0.253. The van der Waals surface area contributed by atoms with Crippen molar-refractivity contribution in [2.75, 3.05) is 13.2 Å². The first-order valence-electron chi connectivity index (χ1n) is 11.5. The maximum atomic E-state index is 13.0. The van der Waals surface area contributed by atoms with E-state index in [4.69, 9.17) is 4.74 Å². The Balaban J connectivity index is 1.38. The largest absolute Gasteiger partial charge is 0.494 e. The van der Waals surface area contributed by atoms with Gasteiger partial charge in [-0.2, -0.15) is 0 Å². The molecule has 0 spiro atoms. The Morgan fingerprint density at radius 1 is 1.06 bits per heavy atom. The molecule has 2 heterocycles. The van der Waals surface area contributed by atoms with Crippen LogP contribution in [0.15, 0.2) is 71.8 Å². The molecule has 8 heteroatoms. The van der Waals surface area contributed by atoms with Crippen LogP contribution in [0.3, 0.4) is 0 Å². The normalized spacial score (nSPS) is 11.9. The number of nitrogens with zero attached hydrogens (tertiary/aromatic N) is 4. The van der Waals surface area contributed by atoms with Gasteiger partial charge in [-0.15, -0.1) is 10.2 Å². The molecule has 2 aromatic carbocycles. The lowest BCUT2D eigenvalue weighted by atomic mass is 10.0. The molecule has 0 radical (unpaired) electrons. The summed E-state index contributed by atoms with van der Waals surface area (Å²) in [4.78, 5) is 25.3. The van der Waals surface area contributed by atoms with Gasteiger partial charge >= 0.3 is 5.56 Å². The van der Waals surface area contributed by atoms with Gasteiger partial charge in [0.05, 0.1) is 6.61 Å². The predicted octanol–water partition coefficient (Wildman–Crippen LogP) is 3.21. The van der Waals surface area contributed by atoms with Crippen LogP contribution in [0.1, 0.15) is 31.7 Å². The smallest absolute Gasteiger partial charge is 0.300 e. The second-order valence-corrected chi connectivity index (χ2v) is 8.31. The number of benzene rings is 2. The number of aromatic nitrogens is 4. The second kappa shape index (κ2) is 10.8. The van der Waals surface area contributed by atoms with Crippen molar-refractivity contribution >= 4 is 11.6 Å². The molecule has 1 amide bonds. The second-order valence-electron chi connectivity index (χ2n) is 8.31. The minimum Gasteiger partial charge on any atom is -0.494 e. The molecule has 0 aliphatic carbocycles. The van der Waals surface area contributed by atoms with Crippen LogP contribution in [0.4, 0.5) is 0 Å². The third kappa shape index (κ3) is 5.51. The van der Waals surface area contributed by atoms with E-state index in [9.17, 15) is 9.59 Å². The van der Waals surface area contributed by atoms with Gasteiger partial charge in [-0.05, 0) is 49.1 Å². The number of ether oxygens (including phenoxy) is 1. The molecule has 176 valence electrons. The Kier molecular flexibility index (Phi) is 7.37. The van der Waals surface area contributed by atoms with Crippen molar-refractivity contribution in [1.29, 1.82) is 0 Å². The average Bonchev–Trinajstić information content (AvgIpc) is 3.24. The lowest BCUT2D eigenvalue weighted by Gasteiger charge is -2.11. The fourth-order valence-corrected chi connectivity index (χ4v) is 3.91. The highest BCUT2D eigenvalue weighted by molar-refractivity contribution is 5.76. The zero-order chi connectivity index (χ0) is 23.9. The topological polar surface area (TPSA) is 90.5 Å². The number of rotatable bonds is 10. The number of carbonyl (C=O) groups is 1. The van der Waals surface area contributed by atoms with Gasteiger partial charge < -0.3 is 10.1 Å². The molecule has 8 nitrogen and oxygen atoms in total. The quantitative estimate of drug-likeness (QED) is 0.393. The molecule has 0 bridgehead atoms. The van der Waals surface area contributed by atoms with E-state index in [0.29, 0.717) is 31.8 Å². The van der Waals surface area contributed by atoms with Crippen molar-refractivity contribution in [3.8, 4) is 11.4 Å². The van der Waals surface area contributed by atoms with E-state index >= 15 is 0 Å². The number of hydrogen-bond donors (Lipinski definition) is 1. The summed E-state index contributed by atoms with van der Waals surface area (Å²) >= 11 is 0. The zero-order valence-electron chi connectivity index (χ0n) is 19.5. The van der Waals surface area contributed by atoms with Crippen molar-refractivity contribution in [1.82, 2.24) is 24.5 Å². The van der Waals surface area contributed by atoms with Gasteiger partial charge in [0.1, 0.15) is 11.6 Å². The first-order valence-corrected chi connectivity index (χ1v) is 11.5. The number of hydrogen-bond acceptors (Lipinski definition) is 5. The molecule has 0 saturated carbocycles. The van der Waals surface area contributed by atoms with E-state index < -0.39 is 0 Å². The van der Waals surface area contributed by atoms with Gasteiger partial charge in [0.25, 0.3) is 0 Å². The van der Waals surface area contributed by atoms with Gasteiger partial charge in [-0.3, -0.25) is 18.6 Å². The van der Waals surface area contributed by atoms with Crippen molar-refractivity contribution in [3.05, 3.63) is 88.7 Å². The third-order valence-corrected chi connectivity index (χ3v) is 5.61. The summed E-state index contributed by atoms with van der Waals surface area (Å²) in [5.74, 6) is 1.48. The van der Waals surface area contributed by atoms with Crippen LogP contribution >= 0.6 is 0 Å². The summed E-state index contributed by atoms with van der Waals surface area (Å²) in [6, 6.07) is 17.4. The van der Waals surface area contributed by atoms with Gasteiger partial charge in [0, 0.05) is 37.5 Å². The molecule has 0 saturated heterocycles. The van der Waals surface area contributed by atoms with Crippen LogP contribution < -0.4 is 15.6 Å². The van der Waals surface area contributed by atoms with Crippen molar-refractivity contribution in [2.24, 2.45) is 5.92 Å². The monoisotopic (exact) mass is 459 g/mol. The highest BCUT2D eigenvalue weighted by atomic mass is 16.5. The van der Waals surface area contributed by atoms with E-state index in [1.54, 1.807) is 16.8 Å². The third-order valence-electron chi connectivity index (χ3n) is 5.61. The van der Waals surface area contributed by atoms with Crippen LogP contribution in [0.2, 0.25) is 0 Å². The van der Waals surface area contributed by atoms with Crippen LogP contribution in [0.5, 0.6) is 5.75 Å². The van der Waals surface area contributed by atoms with Crippen LogP contribution in [-0.4, -0.2) is 38.2 Å². The minimum absolute atomic E-state index is 0.00936. The van der Waals surface area contributed by atoms with Crippen LogP contribution in [-0.2, 0) is 17.6 Å². The Bertz CT molecular complexity index is 1300. The molecule has 34 heavy (non-hydrogen) atoms. The molecular formula is C26H29N5O3. The fourth-order valence-electron chi connectivity index (χ4n) is 3.91. The molecule has 4 rings (SSSR count). The highest BCUT2D eigenvalue weighted by Gasteiger charge is 2.16. The lowest BCUT2D eigenvalue weighted by molar-refractivity contribution is -0.121. The fraction of sp³-hybridized carbons (Fsp3) is 0.308. The molecule has 0 fully saturated rings. The Hall–Kier alpha value is -3.94. The number of fused-ring (bicyclic) bond motifs is 1. The summed E-state index contributed by atoms with van der Waals surface area (Å²) in [5, 5.41) is 11.3. The molecular weight excluding hydrogens is 430 g/mol. The van der Waals surface area contributed by atoms with Crippen LogP contribution in [0.25, 0.3) is 11.3 Å². The summed E-state index contributed by atoms with van der Waals surface area (Å²) in [7, 11) is 0. The number of nitrogens with one attached hydrogen (secondary N) is 1. The van der Waals surface area contributed by atoms with Crippen molar-refractivity contribution in [3.63, 3.8) is 0 Å². The summed E-state index contributed by atoms with van der Waals surface area (Å²) < 4.78 is 8.70.